The van der Waals surface area contributed by atoms with Crippen molar-refractivity contribution in [2.24, 2.45) is 11.3 Å². The summed E-state index contributed by atoms with van der Waals surface area (Å²) in [6.07, 6.45) is 9.64. The summed E-state index contributed by atoms with van der Waals surface area (Å²) in [4.78, 5) is 6.53. The zero-order valence-corrected chi connectivity index (χ0v) is 18.2. The lowest BCUT2D eigenvalue weighted by atomic mass is 9.81. The van der Waals surface area contributed by atoms with Gasteiger partial charge in [0.1, 0.15) is 5.15 Å². The van der Waals surface area contributed by atoms with E-state index in [1.54, 1.807) is 6.20 Å². The van der Waals surface area contributed by atoms with Gasteiger partial charge in [0, 0.05) is 57.9 Å². The number of hydrogen-bond acceptors (Lipinski definition) is 5. The molecule has 0 spiro atoms. The van der Waals surface area contributed by atoms with Gasteiger partial charge < -0.3 is 14.7 Å². The van der Waals surface area contributed by atoms with Gasteiger partial charge in [0.15, 0.2) is 0 Å². The first-order valence-corrected chi connectivity index (χ1v) is 11.1. The van der Waals surface area contributed by atoms with Gasteiger partial charge in [0.25, 0.3) is 0 Å². The molecule has 2 saturated heterocycles. The van der Waals surface area contributed by atoms with Crippen LogP contribution in [-0.2, 0) is 11.3 Å². The SMILES string of the molecule is CC1(CO)CCN(c2cc(Cl)ncc2C#Cc2cnn(CC3CCOCC3)c2)CC1. The van der Waals surface area contributed by atoms with Crippen LogP contribution in [0.2, 0.25) is 5.15 Å². The van der Waals surface area contributed by atoms with Crippen LogP contribution >= 0.6 is 11.6 Å². The zero-order chi connectivity index (χ0) is 21.0. The largest absolute Gasteiger partial charge is 0.396 e. The number of pyridine rings is 1. The summed E-state index contributed by atoms with van der Waals surface area (Å²) in [5.41, 5.74) is 2.77. The van der Waals surface area contributed by atoms with Crippen LogP contribution in [0.1, 0.15) is 43.7 Å². The third-order valence-electron chi connectivity index (χ3n) is 6.30. The van der Waals surface area contributed by atoms with Crippen molar-refractivity contribution >= 4 is 17.3 Å². The van der Waals surface area contributed by atoms with E-state index in [1.807, 2.05) is 23.1 Å². The van der Waals surface area contributed by atoms with Crippen molar-refractivity contribution < 1.29 is 9.84 Å². The number of ether oxygens (including phenoxy) is 1. The van der Waals surface area contributed by atoms with E-state index < -0.39 is 0 Å². The molecule has 2 aliphatic rings. The molecule has 0 unspecified atom stereocenters. The smallest absolute Gasteiger partial charge is 0.131 e. The molecule has 2 aromatic heterocycles. The molecule has 0 atom stereocenters. The summed E-state index contributed by atoms with van der Waals surface area (Å²) >= 11 is 6.18. The molecule has 0 aliphatic carbocycles. The molecule has 2 aromatic rings. The molecule has 6 nitrogen and oxygen atoms in total. The first kappa shape index (κ1) is 21.2. The molecule has 0 amide bonds. The Morgan fingerprint density at radius 2 is 2.00 bits per heavy atom. The second kappa shape index (κ2) is 9.38. The second-order valence-corrected chi connectivity index (χ2v) is 9.12. The Labute approximate surface area is 183 Å². The monoisotopic (exact) mass is 428 g/mol. The Balaban J connectivity index is 1.47. The first-order valence-electron chi connectivity index (χ1n) is 10.7. The van der Waals surface area contributed by atoms with Crippen molar-refractivity contribution in [2.75, 3.05) is 37.8 Å². The number of piperidine rings is 1. The van der Waals surface area contributed by atoms with Crippen LogP contribution in [0.25, 0.3) is 0 Å². The molecule has 4 rings (SSSR count). The lowest BCUT2D eigenvalue weighted by Gasteiger charge is -2.39. The van der Waals surface area contributed by atoms with Crippen molar-refractivity contribution in [3.63, 3.8) is 0 Å². The van der Waals surface area contributed by atoms with E-state index in [0.717, 1.165) is 75.3 Å². The highest BCUT2D eigenvalue weighted by Crippen LogP contribution is 2.34. The molecule has 0 radical (unpaired) electrons. The third kappa shape index (κ3) is 5.15. The van der Waals surface area contributed by atoms with Crippen molar-refractivity contribution in [1.82, 2.24) is 14.8 Å². The molecule has 2 fully saturated rings. The maximum absolute atomic E-state index is 9.64. The van der Waals surface area contributed by atoms with Gasteiger partial charge in [0.2, 0.25) is 0 Å². The zero-order valence-electron chi connectivity index (χ0n) is 17.5. The fraction of sp³-hybridized carbons (Fsp3) is 0.565. The van der Waals surface area contributed by atoms with E-state index in [2.05, 4.69) is 33.7 Å². The van der Waals surface area contributed by atoms with E-state index in [1.165, 1.54) is 0 Å². The highest BCUT2D eigenvalue weighted by atomic mass is 35.5. The third-order valence-corrected chi connectivity index (χ3v) is 6.51. The van der Waals surface area contributed by atoms with Crippen LogP contribution in [0.4, 0.5) is 5.69 Å². The minimum Gasteiger partial charge on any atom is -0.396 e. The summed E-state index contributed by atoms with van der Waals surface area (Å²) in [7, 11) is 0. The van der Waals surface area contributed by atoms with Gasteiger partial charge >= 0.3 is 0 Å². The van der Waals surface area contributed by atoms with Crippen LogP contribution in [-0.4, -0.2) is 52.8 Å². The molecule has 0 saturated carbocycles. The first-order chi connectivity index (χ1) is 14.5. The number of halogens is 1. The molecular weight excluding hydrogens is 400 g/mol. The minimum absolute atomic E-state index is 0.00178. The van der Waals surface area contributed by atoms with Crippen LogP contribution < -0.4 is 4.90 Å². The number of aliphatic hydroxyl groups excluding tert-OH is 1. The van der Waals surface area contributed by atoms with E-state index in [4.69, 9.17) is 16.3 Å². The van der Waals surface area contributed by atoms with Crippen molar-refractivity contribution in [2.45, 2.75) is 39.2 Å². The van der Waals surface area contributed by atoms with E-state index in [-0.39, 0.29) is 12.0 Å². The predicted octanol–water partition coefficient (Wildman–Crippen LogP) is 3.36. The molecule has 7 heteroatoms. The molecule has 160 valence electrons. The minimum atomic E-state index is -0.00178. The van der Waals surface area contributed by atoms with Gasteiger partial charge in [-0.05, 0) is 37.0 Å². The van der Waals surface area contributed by atoms with Crippen molar-refractivity contribution in [3.8, 4) is 11.8 Å². The van der Waals surface area contributed by atoms with Crippen LogP contribution in [0.5, 0.6) is 0 Å². The topological polar surface area (TPSA) is 63.4 Å². The summed E-state index contributed by atoms with van der Waals surface area (Å²) < 4.78 is 7.42. The van der Waals surface area contributed by atoms with E-state index >= 15 is 0 Å². The lowest BCUT2D eigenvalue weighted by Crippen LogP contribution is -2.40. The Bertz CT molecular complexity index is 919. The van der Waals surface area contributed by atoms with Crippen molar-refractivity contribution in [1.29, 1.82) is 0 Å². The number of hydrogen-bond donors (Lipinski definition) is 1. The molecule has 1 N–H and O–H groups in total. The summed E-state index contributed by atoms with van der Waals surface area (Å²) in [6.45, 7) is 6.71. The quantitative estimate of drug-likeness (QED) is 0.597. The molecule has 4 heterocycles. The van der Waals surface area contributed by atoms with Gasteiger partial charge in [-0.3, -0.25) is 4.68 Å². The Morgan fingerprint density at radius 1 is 1.23 bits per heavy atom. The summed E-state index contributed by atoms with van der Waals surface area (Å²) in [6, 6.07) is 1.89. The number of anilines is 1. The standard InChI is InChI=1S/C23H29ClN4O2/c1-23(17-29)6-8-27(9-7-23)21-12-22(24)25-14-20(21)3-2-19-13-26-28(16-19)15-18-4-10-30-11-5-18/h12-14,16,18,29H,4-11,15,17H2,1H3. The lowest BCUT2D eigenvalue weighted by molar-refractivity contribution is 0.0601. The number of aromatic nitrogens is 3. The van der Waals surface area contributed by atoms with Gasteiger partial charge in [-0.15, -0.1) is 0 Å². The molecule has 0 aromatic carbocycles. The second-order valence-electron chi connectivity index (χ2n) is 8.74. The average Bonchev–Trinajstić information content (AvgIpc) is 3.21. The van der Waals surface area contributed by atoms with E-state index in [9.17, 15) is 5.11 Å². The predicted molar refractivity (Wildman–Crippen MR) is 118 cm³/mol. The van der Waals surface area contributed by atoms with E-state index in [0.29, 0.717) is 11.1 Å². The van der Waals surface area contributed by atoms with Gasteiger partial charge in [0.05, 0.1) is 23.0 Å². The van der Waals surface area contributed by atoms with Gasteiger partial charge in [-0.2, -0.15) is 5.10 Å². The Kier molecular flexibility index (Phi) is 6.62. The maximum atomic E-state index is 9.64. The number of nitrogens with zero attached hydrogens (tertiary/aromatic N) is 4. The fourth-order valence-corrected chi connectivity index (χ4v) is 4.24. The number of rotatable bonds is 4. The fourth-order valence-electron chi connectivity index (χ4n) is 4.08. The van der Waals surface area contributed by atoms with Gasteiger partial charge in [-0.25, -0.2) is 4.98 Å². The van der Waals surface area contributed by atoms with Crippen LogP contribution in [0.15, 0.2) is 24.7 Å². The highest BCUT2D eigenvalue weighted by molar-refractivity contribution is 6.29. The Morgan fingerprint density at radius 3 is 2.73 bits per heavy atom. The highest BCUT2D eigenvalue weighted by Gasteiger charge is 2.30. The summed E-state index contributed by atoms with van der Waals surface area (Å²) in [5.74, 6) is 7.13. The Hall–Kier alpha value is -2.07. The van der Waals surface area contributed by atoms with Crippen molar-refractivity contribution in [3.05, 3.63) is 40.9 Å². The van der Waals surface area contributed by atoms with Crippen LogP contribution in [0, 0.1) is 23.2 Å². The normalized spacial score (nSPS) is 19.4. The summed E-state index contributed by atoms with van der Waals surface area (Å²) in [5, 5.41) is 14.6. The molecule has 30 heavy (non-hydrogen) atoms. The molecule has 0 bridgehead atoms. The maximum Gasteiger partial charge on any atom is 0.131 e. The van der Waals surface area contributed by atoms with Crippen LogP contribution in [0.3, 0.4) is 0 Å². The number of aliphatic hydroxyl groups is 1. The average molecular weight is 429 g/mol. The molecule has 2 aliphatic heterocycles. The van der Waals surface area contributed by atoms with Gasteiger partial charge in [-0.1, -0.05) is 30.4 Å². The molecular formula is C23H29ClN4O2.